The van der Waals surface area contributed by atoms with Gasteiger partial charge in [-0.15, -0.1) is 11.8 Å². The molecule has 4 nitrogen and oxygen atoms in total. The van der Waals surface area contributed by atoms with Gasteiger partial charge in [0, 0.05) is 30.4 Å². The number of hydrogen-bond donors (Lipinski definition) is 0. The van der Waals surface area contributed by atoms with Crippen LogP contribution in [0.1, 0.15) is 25.7 Å². The zero-order chi connectivity index (χ0) is 16.6. The Hall–Kier alpha value is -1.75. The van der Waals surface area contributed by atoms with Crippen molar-refractivity contribution in [3.63, 3.8) is 0 Å². The van der Waals surface area contributed by atoms with E-state index < -0.39 is 0 Å². The number of benzene rings is 1. The van der Waals surface area contributed by atoms with Gasteiger partial charge in [-0.2, -0.15) is 0 Å². The molecule has 24 heavy (non-hydrogen) atoms. The number of nitrogens with zero attached hydrogens (tertiary/aromatic N) is 3. The first-order valence-corrected chi connectivity index (χ1v) is 9.85. The monoisotopic (exact) mass is 343 g/mol. The molecule has 0 amide bonds. The van der Waals surface area contributed by atoms with Crippen LogP contribution in [0.3, 0.4) is 0 Å². The Balaban J connectivity index is 1.33. The fourth-order valence-electron chi connectivity index (χ4n) is 3.14. The highest BCUT2D eigenvalue weighted by molar-refractivity contribution is 7.98. The van der Waals surface area contributed by atoms with Gasteiger partial charge in [-0.3, -0.25) is 4.98 Å². The SMILES string of the molecule is CSc1ccc(OCCCC2CCN(c3cnccn3)CC2)cc1. The molecule has 5 heteroatoms. The van der Waals surface area contributed by atoms with Crippen molar-refractivity contribution in [3.8, 4) is 5.75 Å². The van der Waals surface area contributed by atoms with Gasteiger partial charge in [-0.05, 0) is 62.1 Å². The summed E-state index contributed by atoms with van der Waals surface area (Å²) in [4.78, 5) is 12.2. The van der Waals surface area contributed by atoms with Crippen LogP contribution in [0.5, 0.6) is 5.75 Å². The van der Waals surface area contributed by atoms with Gasteiger partial charge in [0.15, 0.2) is 0 Å². The Bertz CT molecular complexity index is 598. The topological polar surface area (TPSA) is 38.2 Å². The number of rotatable bonds is 7. The number of piperidine rings is 1. The lowest BCUT2D eigenvalue weighted by Gasteiger charge is -2.32. The van der Waals surface area contributed by atoms with Crippen molar-refractivity contribution >= 4 is 17.6 Å². The van der Waals surface area contributed by atoms with Crippen LogP contribution in [0.25, 0.3) is 0 Å². The third kappa shape index (κ3) is 4.87. The summed E-state index contributed by atoms with van der Waals surface area (Å²) >= 11 is 1.76. The maximum Gasteiger partial charge on any atom is 0.147 e. The molecule has 1 aliphatic rings. The van der Waals surface area contributed by atoms with Crippen LogP contribution in [-0.4, -0.2) is 35.9 Å². The van der Waals surface area contributed by atoms with E-state index in [2.05, 4.69) is 45.4 Å². The first-order chi connectivity index (χ1) is 11.8. The molecule has 1 saturated heterocycles. The minimum absolute atomic E-state index is 0.806. The first kappa shape index (κ1) is 17.1. The molecule has 0 unspecified atom stereocenters. The summed E-state index contributed by atoms with van der Waals surface area (Å²) < 4.78 is 5.85. The van der Waals surface area contributed by atoms with Crippen LogP contribution in [-0.2, 0) is 0 Å². The Kier molecular flexibility index (Phi) is 6.35. The highest BCUT2D eigenvalue weighted by Crippen LogP contribution is 2.25. The van der Waals surface area contributed by atoms with Gasteiger partial charge in [-0.25, -0.2) is 4.98 Å². The molecule has 0 spiro atoms. The average molecular weight is 343 g/mol. The third-order valence-corrected chi connectivity index (χ3v) is 5.32. The molecular formula is C19H25N3OS. The van der Waals surface area contributed by atoms with Gasteiger partial charge in [0.1, 0.15) is 11.6 Å². The lowest BCUT2D eigenvalue weighted by Crippen LogP contribution is -2.34. The zero-order valence-corrected chi connectivity index (χ0v) is 15.0. The Morgan fingerprint density at radius 1 is 1.17 bits per heavy atom. The van der Waals surface area contributed by atoms with Gasteiger partial charge in [-0.1, -0.05) is 0 Å². The summed E-state index contributed by atoms with van der Waals surface area (Å²) in [5, 5.41) is 0. The zero-order valence-electron chi connectivity index (χ0n) is 14.2. The van der Waals surface area contributed by atoms with Crippen LogP contribution in [0.15, 0.2) is 47.8 Å². The van der Waals surface area contributed by atoms with E-state index in [0.717, 1.165) is 43.6 Å². The van der Waals surface area contributed by atoms with Crippen molar-refractivity contribution in [1.82, 2.24) is 9.97 Å². The van der Waals surface area contributed by atoms with Crippen molar-refractivity contribution < 1.29 is 4.74 Å². The predicted octanol–water partition coefficient (Wildman–Crippen LogP) is 4.27. The van der Waals surface area contributed by atoms with E-state index in [1.54, 1.807) is 24.2 Å². The highest BCUT2D eigenvalue weighted by atomic mass is 32.2. The Morgan fingerprint density at radius 3 is 2.62 bits per heavy atom. The van der Waals surface area contributed by atoms with Crippen molar-refractivity contribution in [2.45, 2.75) is 30.6 Å². The van der Waals surface area contributed by atoms with E-state index in [1.165, 1.54) is 24.2 Å². The van der Waals surface area contributed by atoms with Gasteiger partial charge < -0.3 is 9.64 Å². The van der Waals surface area contributed by atoms with Crippen LogP contribution in [0.4, 0.5) is 5.82 Å². The second-order valence-electron chi connectivity index (χ2n) is 6.16. The lowest BCUT2D eigenvalue weighted by atomic mass is 9.92. The van der Waals surface area contributed by atoms with Gasteiger partial charge in [0.2, 0.25) is 0 Å². The molecule has 0 atom stereocenters. The molecule has 0 bridgehead atoms. The van der Waals surface area contributed by atoms with Crippen LogP contribution < -0.4 is 9.64 Å². The van der Waals surface area contributed by atoms with Crippen molar-refractivity contribution in [3.05, 3.63) is 42.9 Å². The summed E-state index contributed by atoms with van der Waals surface area (Å²) in [5.74, 6) is 2.79. The summed E-state index contributed by atoms with van der Waals surface area (Å²) in [5.41, 5.74) is 0. The molecule has 2 aromatic rings. The number of aromatic nitrogens is 2. The van der Waals surface area contributed by atoms with Gasteiger partial charge in [0.05, 0.1) is 12.8 Å². The molecule has 0 N–H and O–H groups in total. The van der Waals surface area contributed by atoms with E-state index in [-0.39, 0.29) is 0 Å². The molecule has 3 rings (SSSR count). The quantitative estimate of drug-likeness (QED) is 0.554. The molecule has 128 valence electrons. The molecule has 0 aliphatic carbocycles. The highest BCUT2D eigenvalue weighted by Gasteiger charge is 2.19. The van der Waals surface area contributed by atoms with E-state index in [1.807, 2.05) is 6.20 Å². The fourth-order valence-corrected chi connectivity index (χ4v) is 3.55. The van der Waals surface area contributed by atoms with Gasteiger partial charge >= 0.3 is 0 Å². The average Bonchev–Trinajstić information content (AvgIpc) is 2.67. The molecule has 2 heterocycles. The number of thioether (sulfide) groups is 1. The predicted molar refractivity (Wildman–Crippen MR) is 99.9 cm³/mol. The standard InChI is InChI=1S/C19H25N3OS/c1-24-18-6-4-17(5-7-18)23-14-2-3-16-8-12-22(13-9-16)19-15-20-10-11-21-19/h4-7,10-11,15-16H,2-3,8-9,12-14H2,1H3. The smallest absolute Gasteiger partial charge is 0.147 e. The second-order valence-corrected chi connectivity index (χ2v) is 7.04. The summed E-state index contributed by atoms with van der Waals surface area (Å²) in [6, 6.07) is 8.35. The second kappa shape index (κ2) is 8.92. The minimum Gasteiger partial charge on any atom is -0.494 e. The minimum atomic E-state index is 0.806. The number of hydrogen-bond acceptors (Lipinski definition) is 5. The third-order valence-electron chi connectivity index (χ3n) is 4.57. The van der Waals surface area contributed by atoms with Crippen molar-refractivity contribution in [2.24, 2.45) is 5.92 Å². The summed E-state index contributed by atoms with van der Waals surface area (Å²) in [6.45, 7) is 2.98. The maximum atomic E-state index is 5.85. The molecule has 0 radical (unpaired) electrons. The molecule has 0 saturated carbocycles. The molecular weight excluding hydrogens is 318 g/mol. The first-order valence-electron chi connectivity index (χ1n) is 8.63. The van der Waals surface area contributed by atoms with Crippen molar-refractivity contribution in [1.29, 1.82) is 0 Å². The Morgan fingerprint density at radius 2 is 1.96 bits per heavy atom. The molecule has 1 fully saturated rings. The van der Waals surface area contributed by atoms with E-state index >= 15 is 0 Å². The van der Waals surface area contributed by atoms with Crippen LogP contribution in [0, 0.1) is 5.92 Å². The fraction of sp³-hybridized carbons (Fsp3) is 0.474. The number of anilines is 1. The van der Waals surface area contributed by atoms with Crippen molar-refractivity contribution in [2.75, 3.05) is 30.9 Å². The van der Waals surface area contributed by atoms with E-state index in [0.29, 0.717) is 0 Å². The van der Waals surface area contributed by atoms with E-state index in [9.17, 15) is 0 Å². The maximum absolute atomic E-state index is 5.85. The molecule has 1 aliphatic heterocycles. The summed E-state index contributed by atoms with van der Waals surface area (Å²) in [6.07, 6.45) is 12.3. The molecule has 1 aromatic carbocycles. The summed E-state index contributed by atoms with van der Waals surface area (Å²) in [7, 11) is 0. The largest absolute Gasteiger partial charge is 0.494 e. The lowest BCUT2D eigenvalue weighted by molar-refractivity contribution is 0.279. The van der Waals surface area contributed by atoms with Crippen LogP contribution >= 0.6 is 11.8 Å². The normalized spacial score (nSPS) is 15.5. The van der Waals surface area contributed by atoms with E-state index in [4.69, 9.17) is 4.74 Å². The molecule has 1 aromatic heterocycles. The Labute approximate surface area is 148 Å². The number of ether oxygens (including phenoxy) is 1. The van der Waals surface area contributed by atoms with Gasteiger partial charge in [0.25, 0.3) is 0 Å². The van der Waals surface area contributed by atoms with Crippen LogP contribution in [0.2, 0.25) is 0 Å².